The SMILES string of the molecule is Cc1ccc(-n2cnnc2SCC(=O)N(Cc2cccs2)c2ccc3c(c2)OCCO3)c(C)c1. The normalized spacial score (nSPS) is 12.5. The Morgan fingerprint density at radius 2 is 1.97 bits per heavy atom. The third-order valence-corrected chi connectivity index (χ3v) is 7.27. The minimum Gasteiger partial charge on any atom is -0.486 e. The van der Waals surface area contributed by atoms with Gasteiger partial charge in [0.2, 0.25) is 5.91 Å². The molecule has 0 N–H and O–H groups in total. The van der Waals surface area contributed by atoms with Crippen molar-refractivity contribution in [3.8, 4) is 17.2 Å². The van der Waals surface area contributed by atoms with Gasteiger partial charge in [-0.3, -0.25) is 9.36 Å². The molecule has 0 radical (unpaired) electrons. The molecule has 0 saturated carbocycles. The maximum Gasteiger partial charge on any atom is 0.237 e. The van der Waals surface area contributed by atoms with E-state index in [9.17, 15) is 4.79 Å². The van der Waals surface area contributed by atoms with Crippen LogP contribution in [0.5, 0.6) is 11.5 Å². The first-order valence-corrected chi connectivity index (χ1v) is 12.8. The number of thioether (sulfide) groups is 1. The van der Waals surface area contributed by atoms with Crippen molar-refractivity contribution in [3.05, 3.63) is 76.2 Å². The van der Waals surface area contributed by atoms with Crippen molar-refractivity contribution in [2.45, 2.75) is 25.5 Å². The maximum atomic E-state index is 13.5. The van der Waals surface area contributed by atoms with E-state index >= 15 is 0 Å². The van der Waals surface area contributed by atoms with Crippen LogP contribution in [0.2, 0.25) is 0 Å². The molecule has 7 nitrogen and oxygen atoms in total. The monoisotopic (exact) mass is 492 g/mol. The van der Waals surface area contributed by atoms with E-state index in [0.717, 1.165) is 21.8 Å². The Labute approximate surface area is 206 Å². The van der Waals surface area contributed by atoms with Crippen LogP contribution in [0, 0.1) is 13.8 Å². The molecule has 0 bridgehead atoms. The summed E-state index contributed by atoms with van der Waals surface area (Å²) in [5, 5.41) is 11.1. The fourth-order valence-electron chi connectivity index (χ4n) is 3.85. The number of amides is 1. The van der Waals surface area contributed by atoms with Crippen LogP contribution in [0.3, 0.4) is 0 Å². The summed E-state index contributed by atoms with van der Waals surface area (Å²) in [4.78, 5) is 16.4. The van der Waals surface area contributed by atoms with Gasteiger partial charge in [-0.25, -0.2) is 0 Å². The molecule has 0 unspecified atom stereocenters. The lowest BCUT2D eigenvalue weighted by Crippen LogP contribution is -2.32. The zero-order chi connectivity index (χ0) is 23.5. The van der Waals surface area contributed by atoms with Crippen LogP contribution in [0.15, 0.2) is 65.4 Å². The van der Waals surface area contributed by atoms with Crippen LogP contribution in [0.4, 0.5) is 5.69 Å². The number of ether oxygens (including phenoxy) is 2. The first-order valence-electron chi connectivity index (χ1n) is 10.9. The van der Waals surface area contributed by atoms with Gasteiger partial charge >= 0.3 is 0 Å². The molecule has 2 aromatic heterocycles. The van der Waals surface area contributed by atoms with Gasteiger partial charge in [-0.15, -0.1) is 21.5 Å². The minimum atomic E-state index is -0.0229. The summed E-state index contributed by atoms with van der Waals surface area (Å²) in [5.74, 6) is 1.57. The number of carbonyl (C=O) groups is 1. The molecule has 0 aliphatic carbocycles. The van der Waals surface area contributed by atoms with Crippen molar-refractivity contribution in [2.75, 3.05) is 23.9 Å². The minimum absolute atomic E-state index is 0.0229. The zero-order valence-electron chi connectivity index (χ0n) is 18.9. The van der Waals surface area contributed by atoms with Crippen LogP contribution in [-0.4, -0.2) is 39.6 Å². The highest BCUT2D eigenvalue weighted by atomic mass is 32.2. The zero-order valence-corrected chi connectivity index (χ0v) is 20.6. The lowest BCUT2D eigenvalue weighted by atomic mass is 10.1. The Bertz CT molecular complexity index is 1300. The molecule has 1 aliphatic heterocycles. The van der Waals surface area contributed by atoms with Crippen molar-refractivity contribution in [1.29, 1.82) is 0 Å². The van der Waals surface area contributed by atoms with Gasteiger partial charge in [0.05, 0.1) is 18.0 Å². The molecular weight excluding hydrogens is 468 g/mol. The van der Waals surface area contributed by atoms with Crippen molar-refractivity contribution in [1.82, 2.24) is 14.8 Å². The molecule has 34 heavy (non-hydrogen) atoms. The van der Waals surface area contributed by atoms with E-state index < -0.39 is 0 Å². The number of benzene rings is 2. The van der Waals surface area contributed by atoms with Crippen molar-refractivity contribution in [2.24, 2.45) is 0 Å². The quantitative estimate of drug-likeness (QED) is 0.337. The number of hydrogen-bond acceptors (Lipinski definition) is 7. The average molecular weight is 493 g/mol. The summed E-state index contributed by atoms with van der Waals surface area (Å²) < 4.78 is 13.3. The third-order valence-electron chi connectivity index (χ3n) is 5.49. The molecule has 3 heterocycles. The van der Waals surface area contributed by atoms with E-state index in [4.69, 9.17) is 9.47 Å². The molecule has 9 heteroatoms. The van der Waals surface area contributed by atoms with Gasteiger partial charge in [0.15, 0.2) is 16.7 Å². The number of aryl methyl sites for hydroxylation is 2. The van der Waals surface area contributed by atoms with Crippen LogP contribution in [-0.2, 0) is 11.3 Å². The smallest absolute Gasteiger partial charge is 0.237 e. The second kappa shape index (κ2) is 9.90. The number of carbonyl (C=O) groups excluding carboxylic acids is 1. The van der Waals surface area contributed by atoms with Gasteiger partial charge in [0, 0.05) is 16.6 Å². The largest absolute Gasteiger partial charge is 0.486 e. The van der Waals surface area contributed by atoms with Gasteiger partial charge in [-0.1, -0.05) is 35.5 Å². The van der Waals surface area contributed by atoms with Crippen molar-refractivity contribution >= 4 is 34.7 Å². The number of anilines is 1. The molecule has 174 valence electrons. The summed E-state index contributed by atoms with van der Waals surface area (Å²) in [6.07, 6.45) is 1.69. The Morgan fingerprint density at radius 1 is 1.12 bits per heavy atom. The molecule has 0 saturated heterocycles. The van der Waals surface area contributed by atoms with E-state index in [1.54, 1.807) is 22.6 Å². The highest BCUT2D eigenvalue weighted by Crippen LogP contribution is 2.35. The van der Waals surface area contributed by atoms with E-state index in [1.807, 2.05) is 40.3 Å². The third kappa shape index (κ3) is 4.80. The summed E-state index contributed by atoms with van der Waals surface area (Å²) in [7, 11) is 0. The number of hydrogen-bond donors (Lipinski definition) is 0. The number of thiophene rings is 1. The van der Waals surface area contributed by atoms with E-state index in [0.29, 0.717) is 36.4 Å². The molecule has 4 aromatic rings. The highest BCUT2D eigenvalue weighted by Gasteiger charge is 2.22. The topological polar surface area (TPSA) is 69.5 Å². The summed E-state index contributed by atoms with van der Waals surface area (Å²) >= 11 is 3.01. The first-order chi connectivity index (χ1) is 16.6. The highest BCUT2D eigenvalue weighted by molar-refractivity contribution is 7.99. The molecule has 1 aliphatic rings. The Morgan fingerprint density at radius 3 is 2.76 bits per heavy atom. The predicted octanol–water partition coefficient (Wildman–Crippen LogP) is 5.04. The lowest BCUT2D eigenvalue weighted by Gasteiger charge is -2.25. The van der Waals surface area contributed by atoms with Crippen LogP contribution in [0.1, 0.15) is 16.0 Å². The second-order valence-corrected chi connectivity index (χ2v) is 9.92. The van der Waals surface area contributed by atoms with Gasteiger partial charge in [-0.05, 0) is 49.1 Å². The average Bonchev–Trinajstić information content (AvgIpc) is 3.53. The van der Waals surface area contributed by atoms with Gasteiger partial charge in [-0.2, -0.15) is 0 Å². The molecule has 1 amide bonds. The van der Waals surface area contributed by atoms with Crippen LogP contribution >= 0.6 is 23.1 Å². The van der Waals surface area contributed by atoms with Crippen LogP contribution < -0.4 is 14.4 Å². The Hall–Kier alpha value is -3.30. The molecule has 0 atom stereocenters. The molecule has 5 rings (SSSR count). The van der Waals surface area contributed by atoms with E-state index in [2.05, 4.69) is 42.2 Å². The molecule has 0 spiro atoms. The van der Waals surface area contributed by atoms with Crippen molar-refractivity contribution in [3.63, 3.8) is 0 Å². The molecular formula is C25H24N4O3S2. The molecule has 2 aromatic carbocycles. The predicted molar refractivity (Wildman–Crippen MR) is 134 cm³/mol. The van der Waals surface area contributed by atoms with Gasteiger partial charge in [0.1, 0.15) is 19.5 Å². The lowest BCUT2D eigenvalue weighted by molar-refractivity contribution is -0.116. The number of fused-ring (bicyclic) bond motifs is 1. The summed E-state index contributed by atoms with van der Waals surface area (Å²) in [6, 6.07) is 15.9. The number of aromatic nitrogens is 3. The fraction of sp³-hybridized carbons (Fsp3) is 0.240. The first kappa shape index (κ1) is 22.5. The van der Waals surface area contributed by atoms with Gasteiger partial charge in [0.25, 0.3) is 0 Å². The number of nitrogens with zero attached hydrogens (tertiary/aromatic N) is 4. The fourth-order valence-corrected chi connectivity index (χ4v) is 5.34. The summed E-state index contributed by atoms with van der Waals surface area (Å²) in [6.45, 7) is 5.64. The van der Waals surface area contributed by atoms with E-state index in [1.165, 1.54) is 17.3 Å². The number of rotatable bonds is 7. The Kier molecular flexibility index (Phi) is 6.55. The second-order valence-electron chi connectivity index (χ2n) is 7.95. The summed E-state index contributed by atoms with van der Waals surface area (Å²) in [5.41, 5.74) is 4.11. The maximum absolute atomic E-state index is 13.5. The van der Waals surface area contributed by atoms with Crippen molar-refractivity contribution < 1.29 is 14.3 Å². The Balaban J connectivity index is 1.37. The van der Waals surface area contributed by atoms with Gasteiger partial charge < -0.3 is 14.4 Å². The molecule has 0 fully saturated rings. The standard InChI is InChI=1S/C25H24N4O3S2/c1-17-5-7-21(18(2)12-17)29-16-26-27-25(29)34-15-24(30)28(14-20-4-3-11-33-20)19-6-8-22-23(13-19)32-10-9-31-22/h3-8,11-13,16H,9-10,14-15H2,1-2H3. The van der Waals surface area contributed by atoms with Crippen LogP contribution in [0.25, 0.3) is 5.69 Å². The van der Waals surface area contributed by atoms with E-state index in [-0.39, 0.29) is 11.7 Å².